The van der Waals surface area contributed by atoms with Gasteiger partial charge in [0.05, 0.1) is 6.54 Å². The molecular formula is C9H16N2S. The predicted octanol–water partition coefficient (Wildman–Crippen LogP) is 1.71. The van der Waals surface area contributed by atoms with Crippen molar-refractivity contribution in [3.63, 3.8) is 0 Å². The van der Waals surface area contributed by atoms with Gasteiger partial charge in [-0.3, -0.25) is 4.99 Å². The Morgan fingerprint density at radius 2 is 2.33 bits per heavy atom. The van der Waals surface area contributed by atoms with Gasteiger partial charge in [0, 0.05) is 12.3 Å². The standard InChI is InChI=1S/C9H16N2S/c1-4-5-6-8(2)7-11-9(10)12-3/h8H,4,7H2,1-3H3,(H2,10,11)/t8-/m0/s1. The Hall–Kier alpha value is -0.620. The van der Waals surface area contributed by atoms with E-state index in [1.165, 1.54) is 11.8 Å². The summed E-state index contributed by atoms with van der Waals surface area (Å²) in [5.74, 6) is 6.43. The third-order valence-corrected chi connectivity index (χ3v) is 1.80. The second kappa shape index (κ2) is 7.05. The molecule has 2 nitrogen and oxygen atoms in total. The van der Waals surface area contributed by atoms with Crippen LogP contribution in [0.15, 0.2) is 4.99 Å². The molecule has 0 rings (SSSR count). The van der Waals surface area contributed by atoms with E-state index in [1.807, 2.05) is 13.2 Å². The maximum absolute atomic E-state index is 5.51. The molecule has 1 atom stereocenters. The average Bonchev–Trinajstić information content (AvgIpc) is 2.10. The van der Waals surface area contributed by atoms with Crippen LogP contribution in [-0.4, -0.2) is 18.0 Å². The monoisotopic (exact) mass is 184 g/mol. The van der Waals surface area contributed by atoms with E-state index in [0.717, 1.165) is 6.42 Å². The van der Waals surface area contributed by atoms with Crippen LogP contribution < -0.4 is 5.73 Å². The van der Waals surface area contributed by atoms with Gasteiger partial charge in [0.1, 0.15) is 0 Å². The molecule has 0 saturated carbocycles. The second-order valence-corrected chi connectivity index (χ2v) is 3.29. The summed E-state index contributed by atoms with van der Waals surface area (Å²) in [7, 11) is 0. The molecule has 0 radical (unpaired) electrons. The quantitative estimate of drug-likeness (QED) is 0.403. The zero-order chi connectivity index (χ0) is 9.40. The number of amidine groups is 1. The molecule has 0 aliphatic rings. The first-order valence-electron chi connectivity index (χ1n) is 4.03. The highest BCUT2D eigenvalue weighted by atomic mass is 32.2. The predicted molar refractivity (Wildman–Crippen MR) is 57.2 cm³/mol. The second-order valence-electron chi connectivity index (χ2n) is 2.46. The molecule has 0 unspecified atom stereocenters. The van der Waals surface area contributed by atoms with E-state index in [0.29, 0.717) is 17.6 Å². The zero-order valence-corrected chi connectivity index (χ0v) is 8.74. The molecule has 0 amide bonds. The molecule has 0 fully saturated rings. The lowest BCUT2D eigenvalue weighted by Crippen LogP contribution is -2.08. The number of hydrogen-bond donors (Lipinski definition) is 1. The summed E-state index contributed by atoms with van der Waals surface area (Å²) in [6.45, 7) is 4.80. The number of nitrogens with two attached hydrogens (primary N) is 1. The van der Waals surface area contributed by atoms with Crippen LogP contribution in [0.5, 0.6) is 0 Å². The number of nitrogens with zero attached hydrogens (tertiary/aromatic N) is 1. The summed E-state index contributed by atoms with van der Waals surface area (Å²) in [6.07, 6.45) is 2.83. The summed E-state index contributed by atoms with van der Waals surface area (Å²) in [5, 5.41) is 0.639. The smallest absolute Gasteiger partial charge is 0.153 e. The highest BCUT2D eigenvalue weighted by Crippen LogP contribution is 1.96. The highest BCUT2D eigenvalue weighted by Gasteiger charge is 1.94. The largest absolute Gasteiger partial charge is 0.379 e. The van der Waals surface area contributed by atoms with Crippen molar-refractivity contribution in [2.75, 3.05) is 12.8 Å². The van der Waals surface area contributed by atoms with E-state index in [-0.39, 0.29) is 0 Å². The first kappa shape index (κ1) is 11.4. The molecule has 0 heterocycles. The van der Waals surface area contributed by atoms with Crippen LogP contribution in [-0.2, 0) is 0 Å². The van der Waals surface area contributed by atoms with Gasteiger partial charge in [-0.1, -0.05) is 24.6 Å². The minimum atomic E-state index is 0.315. The van der Waals surface area contributed by atoms with Gasteiger partial charge in [-0.05, 0) is 13.2 Å². The van der Waals surface area contributed by atoms with Crippen LogP contribution in [0, 0.1) is 17.8 Å². The molecule has 0 aromatic rings. The van der Waals surface area contributed by atoms with Crippen molar-refractivity contribution in [3.8, 4) is 11.8 Å². The molecule has 12 heavy (non-hydrogen) atoms. The van der Waals surface area contributed by atoms with Crippen molar-refractivity contribution >= 4 is 16.9 Å². The van der Waals surface area contributed by atoms with Gasteiger partial charge < -0.3 is 5.73 Å². The van der Waals surface area contributed by atoms with Crippen LogP contribution in [0.3, 0.4) is 0 Å². The third-order valence-electron chi connectivity index (χ3n) is 1.26. The molecular weight excluding hydrogens is 168 g/mol. The Labute approximate surface area is 79.0 Å². The maximum atomic E-state index is 5.51. The van der Waals surface area contributed by atoms with Gasteiger partial charge >= 0.3 is 0 Å². The van der Waals surface area contributed by atoms with E-state index in [9.17, 15) is 0 Å². The normalized spacial score (nSPS) is 13.4. The Morgan fingerprint density at radius 1 is 1.67 bits per heavy atom. The topological polar surface area (TPSA) is 38.4 Å². The molecule has 0 spiro atoms. The van der Waals surface area contributed by atoms with Crippen LogP contribution in [0.2, 0.25) is 0 Å². The Kier molecular flexibility index (Phi) is 6.69. The van der Waals surface area contributed by atoms with Gasteiger partial charge in [-0.2, -0.15) is 0 Å². The van der Waals surface area contributed by atoms with Crippen molar-refractivity contribution in [2.45, 2.75) is 20.3 Å². The molecule has 68 valence electrons. The van der Waals surface area contributed by atoms with Crippen molar-refractivity contribution in [2.24, 2.45) is 16.6 Å². The Bertz CT molecular complexity index is 200. The molecule has 0 saturated heterocycles. The van der Waals surface area contributed by atoms with Crippen LogP contribution >= 0.6 is 11.8 Å². The average molecular weight is 184 g/mol. The van der Waals surface area contributed by atoms with E-state index in [1.54, 1.807) is 0 Å². The summed E-state index contributed by atoms with van der Waals surface area (Å²) in [4.78, 5) is 4.15. The summed E-state index contributed by atoms with van der Waals surface area (Å²) in [5.41, 5.74) is 5.51. The van der Waals surface area contributed by atoms with E-state index >= 15 is 0 Å². The Balaban J connectivity index is 3.77. The summed E-state index contributed by atoms with van der Waals surface area (Å²) in [6, 6.07) is 0. The molecule has 0 aromatic heterocycles. The van der Waals surface area contributed by atoms with Crippen molar-refractivity contribution in [1.29, 1.82) is 0 Å². The van der Waals surface area contributed by atoms with Crippen molar-refractivity contribution in [1.82, 2.24) is 0 Å². The lowest BCUT2D eigenvalue weighted by atomic mass is 10.2. The molecule has 2 N–H and O–H groups in total. The molecule has 0 aromatic carbocycles. The fourth-order valence-corrected chi connectivity index (χ4v) is 0.817. The zero-order valence-electron chi connectivity index (χ0n) is 7.92. The van der Waals surface area contributed by atoms with Crippen LogP contribution in [0.25, 0.3) is 0 Å². The number of hydrogen-bond acceptors (Lipinski definition) is 2. The fraction of sp³-hybridized carbons (Fsp3) is 0.667. The van der Waals surface area contributed by atoms with Crippen LogP contribution in [0.4, 0.5) is 0 Å². The van der Waals surface area contributed by atoms with Crippen molar-refractivity contribution < 1.29 is 0 Å². The maximum Gasteiger partial charge on any atom is 0.153 e. The van der Waals surface area contributed by atoms with Gasteiger partial charge in [-0.15, -0.1) is 5.92 Å². The van der Waals surface area contributed by atoms with Gasteiger partial charge in [0.25, 0.3) is 0 Å². The van der Waals surface area contributed by atoms with Gasteiger partial charge in [0.2, 0.25) is 0 Å². The lowest BCUT2D eigenvalue weighted by molar-refractivity contribution is 0.768. The van der Waals surface area contributed by atoms with E-state index in [4.69, 9.17) is 5.73 Å². The molecule has 0 aliphatic heterocycles. The first-order valence-corrected chi connectivity index (χ1v) is 5.25. The SMILES string of the molecule is CCC#C[C@H](C)C/N=C(\N)SC. The lowest BCUT2D eigenvalue weighted by Gasteiger charge is -1.98. The Morgan fingerprint density at radius 3 is 2.83 bits per heavy atom. The molecule has 3 heteroatoms. The first-order chi connectivity index (χ1) is 5.70. The minimum Gasteiger partial charge on any atom is -0.379 e. The van der Waals surface area contributed by atoms with E-state index < -0.39 is 0 Å². The summed E-state index contributed by atoms with van der Waals surface area (Å²) < 4.78 is 0. The van der Waals surface area contributed by atoms with Crippen LogP contribution in [0.1, 0.15) is 20.3 Å². The number of thioether (sulfide) groups is 1. The highest BCUT2D eigenvalue weighted by molar-refractivity contribution is 8.13. The number of aliphatic imine (C=N–C) groups is 1. The fourth-order valence-electron chi connectivity index (χ4n) is 0.613. The number of rotatable bonds is 2. The molecule has 0 aliphatic carbocycles. The minimum absolute atomic E-state index is 0.315. The van der Waals surface area contributed by atoms with Gasteiger partial charge in [0.15, 0.2) is 5.17 Å². The third kappa shape index (κ3) is 6.11. The van der Waals surface area contributed by atoms with E-state index in [2.05, 4.69) is 23.8 Å². The van der Waals surface area contributed by atoms with Gasteiger partial charge in [-0.25, -0.2) is 0 Å². The molecule has 0 bridgehead atoms. The summed E-state index contributed by atoms with van der Waals surface area (Å²) >= 11 is 1.47. The van der Waals surface area contributed by atoms with Crippen molar-refractivity contribution in [3.05, 3.63) is 0 Å².